The summed E-state index contributed by atoms with van der Waals surface area (Å²) in [4.78, 5) is 19.9. The van der Waals surface area contributed by atoms with E-state index in [0.717, 1.165) is 31.4 Å². The normalized spacial score (nSPS) is 17.0. The summed E-state index contributed by atoms with van der Waals surface area (Å²) in [6.45, 7) is 1.40. The van der Waals surface area contributed by atoms with Gasteiger partial charge in [-0.3, -0.25) is 14.7 Å². The predicted octanol–water partition coefficient (Wildman–Crippen LogP) is 5.94. The molecule has 4 aromatic rings. The molecule has 2 aromatic carbocycles. The molecule has 1 saturated heterocycles. The third-order valence-corrected chi connectivity index (χ3v) is 6.47. The topological polar surface area (TPSA) is 66.6 Å². The third kappa shape index (κ3) is 3.90. The Morgan fingerprint density at radius 3 is 2.75 bits per heavy atom. The molecule has 3 heterocycles. The second-order valence-corrected chi connectivity index (χ2v) is 8.63. The monoisotopic (exact) mass is 446 g/mol. The number of pyridine rings is 1. The number of rotatable bonds is 4. The third-order valence-electron chi connectivity index (χ3n) is 6.22. The van der Waals surface area contributed by atoms with Gasteiger partial charge in [0, 0.05) is 30.0 Å². The van der Waals surface area contributed by atoms with Crippen LogP contribution in [0.2, 0.25) is 5.02 Å². The van der Waals surface area contributed by atoms with Crippen LogP contribution in [0.15, 0.2) is 76.4 Å². The summed E-state index contributed by atoms with van der Waals surface area (Å²) in [6, 6.07) is 14.6. The molecule has 1 aliphatic heterocycles. The van der Waals surface area contributed by atoms with E-state index in [1.807, 2.05) is 12.3 Å². The number of likely N-dealkylation sites (tertiary alicyclic amines) is 1. The van der Waals surface area contributed by atoms with Gasteiger partial charge in [-0.15, -0.1) is 0 Å². The Labute approximate surface area is 190 Å². The number of phenols is 1. The zero-order valence-electron chi connectivity index (χ0n) is 17.5. The fourth-order valence-electron chi connectivity index (χ4n) is 4.56. The van der Waals surface area contributed by atoms with Crippen molar-refractivity contribution in [1.29, 1.82) is 0 Å². The number of phenolic OH excluding ortho intramolecular Hbond substituents is 1. The standard InChI is InChI=1S/C26H23ClN2O3/c27-19-8-6-17(7-9-19)22-16-32-26-20(25(22)31)10-11-24(30)21(26)15-29-13-2-1-5-23(29)18-4-3-12-28-14-18/h3-4,6-12,14,16,23,30H,1-2,5,13,15H2/t23-/m1/s1. The van der Waals surface area contributed by atoms with Crippen LogP contribution in [0.4, 0.5) is 0 Å². The fraction of sp³-hybridized carbons (Fsp3) is 0.231. The lowest BCUT2D eigenvalue weighted by Crippen LogP contribution is -2.33. The van der Waals surface area contributed by atoms with Gasteiger partial charge in [0.2, 0.25) is 5.43 Å². The average molecular weight is 447 g/mol. The van der Waals surface area contributed by atoms with Crippen molar-refractivity contribution in [3.8, 4) is 16.9 Å². The van der Waals surface area contributed by atoms with Crippen LogP contribution in [-0.4, -0.2) is 21.5 Å². The van der Waals surface area contributed by atoms with Gasteiger partial charge in [0.15, 0.2) is 0 Å². The summed E-state index contributed by atoms with van der Waals surface area (Å²) in [5.41, 5.74) is 3.32. The van der Waals surface area contributed by atoms with Crippen LogP contribution >= 0.6 is 11.6 Å². The molecule has 1 aliphatic rings. The first kappa shape index (κ1) is 20.7. The van der Waals surface area contributed by atoms with Crippen molar-refractivity contribution in [2.24, 2.45) is 0 Å². The minimum absolute atomic E-state index is 0.128. The van der Waals surface area contributed by atoms with E-state index in [0.29, 0.717) is 33.7 Å². The molecule has 0 aliphatic carbocycles. The molecule has 0 saturated carbocycles. The van der Waals surface area contributed by atoms with Crippen molar-refractivity contribution in [3.05, 3.63) is 93.6 Å². The minimum atomic E-state index is -0.128. The van der Waals surface area contributed by atoms with Crippen molar-refractivity contribution in [1.82, 2.24) is 9.88 Å². The van der Waals surface area contributed by atoms with Gasteiger partial charge in [0.25, 0.3) is 0 Å². The fourth-order valence-corrected chi connectivity index (χ4v) is 4.69. The van der Waals surface area contributed by atoms with E-state index in [1.54, 1.807) is 42.6 Å². The van der Waals surface area contributed by atoms with Crippen LogP contribution in [0.25, 0.3) is 22.1 Å². The smallest absolute Gasteiger partial charge is 0.200 e. The van der Waals surface area contributed by atoms with Gasteiger partial charge in [-0.1, -0.05) is 36.2 Å². The minimum Gasteiger partial charge on any atom is -0.507 e. The quantitative estimate of drug-likeness (QED) is 0.420. The second kappa shape index (κ2) is 8.77. The molecule has 2 aromatic heterocycles. The van der Waals surface area contributed by atoms with E-state index >= 15 is 0 Å². The number of hydrogen-bond acceptors (Lipinski definition) is 5. The highest BCUT2D eigenvalue weighted by molar-refractivity contribution is 6.30. The van der Waals surface area contributed by atoms with E-state index in [9.17, 15) is 9.90 Å². The van der Waals surface area contributed by atoms with Gasteiger partial charge < -0.3 is 9.52 Å². The number of aromatic hydroxyl groups is 1. The number of aromatic nitrogens is 1. The van der Waals surface area contributed by atoms with Gasteiger partial charge in [-0.25, -0.2) is 0 Å². The summed E-state index contributed by atoms with van der Waals surface area (Å²) in [6.07, 6.45) is 8.43. The summed E-state index contributed by atoms with van der Waals surface area (Å²) in [5, 5.41) is 11.8. The van der Waals surface area contributed by atoms with Crippen molar-refractivity contribution >= 4 is 22.6 Å². The van der Waals surface area contributed by atoms with Crippen LogP contribution in [0.1, 0.15) is 36.4 Å². The molecular formula is C26H23ClN2O3. The number of fused-ring (bicyclic) bond motifs is 1. The summed E-state index contributed by atoms with van der Waals surface area (Å²) in [5.74, 6) is 0.135. The second-order valence-electron chi connectivity index (χ2n) is 8.19. The lowest BCUT2D eigenvalue weighted by Gasteiger charge is -2.36. The largest absolute Gasteiger partial charge is 0.507 e. The van der Waals surface area contributed by atoms with Gasteiger partial charge in [-0.2, -0.15) is 0 Å². The van der Waals surface area contributed by atoms with Crippen molar-refractivity contribution in [2.45, 2.75) is 31.8 Å². The number of piperidine rings is 1. The van der Waals surface area contributed by atoms with Crippen LogP contribution in [0, 0.1) is 0 Å². The van der Waals surface area contributed by atoms with Crippen LogP contribution in [-0.2, 0) is 6.54 Å². The van der Waals surface area contributed by atoms with E-state index in [4.69, 9.17) is 16.0 Å². The van der Waals surface area contributed by atoms with Crippen LogP contribution in [0.3, 0.4) is 0 Å². The van der Waals surface area contributed by atoms with Crippen molar-refractivity contribution in [3.63, 3.8) is 0 Å². The molecule has 1 N–H and O–H groups in total. The lowest BCUT2D eigenvalue weighted by atomic mass is 9.95. The van der Waals surface area contributed by atoms with E-state index in [1.165, 1.54) is 11.8 Å². The van der Waals surface area contributed by atoms with Gasteiger partial charge in [-0.05, 0) is 60.8 Å². The van der Waals surface area contributed by atoms with Crippen molar-refractivity contribution < 1.29 is 9.52 Å². The molecule has 0 bridgehead atoms. The first-order valence-electron chi connectivity index (χ1n) is 10.8. The molecule has 5 rings (SSSR count). The molecule has 0 spiro atoms. The molecule has 32 heavy (non-hydrogen) atoms. The average Bonchev–Trinajstić information content (AvgIpc) is 2.83. The maximum absolute atomic E-state index is 13.3. The maximum atomic E-state index is 13.3. The Hall–Kier alpha value is -3.15. The molecule has 1 fully saturated rings. The highest BCUT2D eigenvalue weighted by Gasteiger charge is 2.26. The van der Waals surface area contributed by atoms with E-state index < -0.39 is 0 Å². The highest BCUT2D eigenvalue weighted by atomic mass is 35.5. The first-order valence-corrected chi connectivity index (χ1v) is 11.2. The zero-order chi connectivity index (χ0) is 22.1. The molecule has 162 valence electrons. The maximum Gasteiger partial charge on any atom is 0.200 e. The summed E-state index contributed by atoms with van der Waals surface area (Å²) >= 11 is 5.98. The Morgan fingerprint density at radius 1 is 1.12 bits per heavy atom. The van der Waals surface area contributed by atoms with Crippen LogP contribution < -0.4 is 5.43 Å². The molecule has 6 heteroatoms. The van der Waals surface area contributed by atoms with Gasteiger partial charge >= 0.3 is 0 Å². The van der Waals surface area contributed by atoms with Crippen LogP contribution in [0.5, 0.6) is 5.75 Å². The van der Waals surface area contributed by atoms with E-state index in [2.05, 4.69) is 16.0 Å². The molecule has 0 amide bonds. The Bertz CT molecular complexity index is 1300. The molecular weight excluding hydrogens is 424 g/mol. The Morgan fingerprint density at radius 2 is 1.97 bits per heavy atom. The summed E-state index contributed by atoms with van der Waals surface area (Å²) in [7, 11) is 0. The SMILES string of the molecule is O=c1c(-c2ccc(Cl)cc2)coc2c(CN3CCCC[C@@H]3c3cccnc3)c(O)ccc12. The highest BCUT2D eigenvalue weighted by Crippen LogP contribution is 2.35. The Kier molecular flexibility index (Phi) is 5.68. The number of halogens is 1. The lowest BCUT2D eigenvalue weighted by molar-refractivity contribution is 0.139. The molecule has 1 atom stereocenters. The van der Waals surface area contributed by atoms with E-state index in [-0.39, 0.29) is 17.2 Å². The van der Waals surface area contributed by atoms with Gasteiger partial charge in [0.05, 0.1) is 16.5 Å². The number of benzene rings is 2. The Balaban J connectivity index is 1.55. The predicted molar refractivity (Wildman–Crippen MR) is 126 cm³/mol. The number of nitrogens with zero attached hydrogens (tertiary/aromatic N) is 2. The first-order chi connectivity index (χ1) is 15.6. The molecule has 5 nitrogen and oxygen atoms in total. The molecule has 0 radical (unpaired) electrons. The van der Waals surface area contributed by atoms with Crippen molar-refractivity contribution in [2.75, 3.05) is 6.54 Å². The molecule has 0 unspecified atom stereocenters. The summed E-state index contributed by atoms with van der Waals surface area (Å²) < 4.78 is 5.97. The number of hydrogen-bond donors (Lipinski definition) is 1. The zero-order valence-corrected chi connectivity index (χ0v) is 18.3. The van der Waals surface area contributed by atoms with Gasteiger partial charge in [0.1, 0.15) is 17.6 Å².